The van der Waals surface area contributed by atoms with Crippen LogP contribution >= 0.6 is 0 Å². The summed E-state index contributed by atoms with van der Waals surface area (Å²) in [5.41, 5.74) is 0. The normalized spacial score (nSPS) is 27.9. The smallest absolute Gasteiger partial charge is 0.323 e. The van der Waals surface area contributed by atoms with Gasteiger partial charge in [0.15, 0.2) is 0 Å². The van der Waals surface area contributed by atoms with Crippen molar-refractivity contribution in [3.05, 3.63) is 0 Å². The summed E-state index contributed by atoms with van der Waals surface area (Å²) in [5, 5.41) is 9.46. The number of unbranched alkanes of at least 4 members (excludes halogenated alkanes) is 1. The third kappa shape index (κ3) is 2.69. The highest BCUT2D eigenvalue weighted by Gasteiger charge is 2.35. The minimum absolute atomic E-state index is 0.224. The maximum absolute atomic E-state index is 11.4. The van der Waals surface area contributed by atoms with Crippen molar-refractivity contribution < 1.29 is 14.6 Å². The maximum atomic E-state index is 11.4. The average Bonchev–Trinajstić information content (AvgIpc) is 2.55. The first-order chi connectivity index (χ1) is 6.69. The lowest BCUT2D eigenvalue weighted by atomic mass is 10.2. The zero-order chi connectivity index (χ0) is 10.6. The predicted molar refractivity (Wildman–Crippen MR) is 52.9 cm³/mol. The molecule has 1 rings (SSSR count). The minimum Gasteiger partial charge on any atom is -0.468 e. The number of nitrogens with zero attached hydrogens (tertiary/aromatic N) is 1. The van der Waals surface area contributed by atoms with Crippen molar-refractivity contribution in [3.8, 4) is 0 Å². The molecule has 0 amide bonds. The van der Waals surface area contributed by atoms with E-state index in [9.17, 15) is 9.90 Å². The van der Waals surface area contributed by atoms with E-state index in [0.29, 0.717) is 13.0 Å². The van der Waals surface area contributed by atoms with E-state index in [1.807, 2.05) is 4.90 Å². The Balaban J connectivity index is 2.49. The summed E-state index contributed by atoms with van der Waals surface area (Å²) in [5.74, 6) is -0.224. The van der Waals surface area contributed by atoms with Gasteiger partial charge >= 0.3 is 5.97 Å². The molecule has 1 fully saturated rings. The Morgan fingerprint density at radius 2 is 2.36 bits per heavy atom. The number of hydrogen-bond acceptors (Lipinski definition) is 4. The van der Waals surface area contributed by atoms with E-state index in [1.165, 1.54) is 7.11 Å². The Bertz CT molecular complexity index is 196. The molecule has 2 atom stereocenters. The van der Waals surface area contributed by atoms with E-state index < -0.39 is 0 Å². The van der Waals surface area contributed by atoms with Gasteiger partial charge in [0, 0.05) is 13.0 Å². The van der Waals surface area contributed by atoms with Crippen LogP contribution in [0.2, 0.25) is 0 Å². The zero-order valence-electron chi connectivity index (χ0n) is 8.90. The lowest BCUT2D eigenvalue weighted by Gasteiger charge is -2.21. The number of rotatable bonds is 4. The number of ether oxygens (including phenoxy) is 1. The fourth-order valence-electron chi connectivity index (χ4n) is 1.87. The van der Waals surface area contributed by atoms with Gasteiger partial charge in [-0.05, 0) is 13.0 Å². The molecule has 1 N–H and O–H groups in total. The van der Waals surface area contributed by atoms with E-state index in [-0.39, 0.29) is 18.1 Å². The van der Waals surface area contributed by atoms with E-state index in [1.54, 1.807) is 0 Å². The van der Waals surface area contributed by atoms with E-state index in [2.05, 4.69) is 6.92 Å². The summed E-state index contributed by atoms with van der Waals surface area (Å²) < 4.78 is 4.70. The number of carbonyl (C=O) groups is 1. The molecular formula is C10H19NO3. The van der Waals surface area contributed by atoms with Gasteiger partial charge in [0.1, 0.15) is 6.04 Å². The molecule has 0 aromatic carbocycles. The van der Waals surface area contributed by atoms with Crippen LogP contribution < -0.4 is 0 Å². The van der Waals surface area contributed by atoms with Gasteiger partial charge in [-0.3, -0.25) is 9.69 Å². The van der Waals surface area contributed by atoms with Crippen LogP contribution in [0.1, 0.15) is 26.2 Å². The predicted octanol–water partition coefficient (Wildman–Crippen LogP) is 0.395. The first kappa shape index (κ1) is 11.5. The second-order valence-corrected chi connectivity index (χ2v) is 3.78. The van der Waals surface area contributed by atoms with Crippen LogP contribution in [0.4, 0.5) is 0 Å². The van der Waals surface area contributed by atoms with Gasteiger partial charge in [-0.15, -0.1) is 0 Å². The van der Waals surface area contributed by atoms with Crippen LogP contribution in [0.25, 0.3) is 0 Å². The lowest BCUT2D eigenvalue weighted by Crippen LogP contribution is -2.37. The summed E-state index contributed by atoms with van der Waals surface area (Å²) in [6, 6.07) is -0.235. The van der Waals surface area contributed by atoms with Crippen LogP contribution in [0, 0.1) is 0 Å². The second kappa shape index (κ2) is 5.32. The van der Waals surface area contributed by atoms with Crippen molar-refractivity contribution in [3.63, 3.8) is 0 Å². The molecule has 14 heavy (non-hydrogen) atoms. The summed E-state index contributed by atoms with van der Waals surface area (Å²) >= 11 is 0. The van der Waals surface area contributed by atoms with Crippen molar-refractivity contribution in [2.24, 2.45) is 0 Å². The highest BCUT2D eigenvalue weighted by atomic mass is 16.5. The van der Waals surface area contributed by atoms with Gasteiger partial charge in [0.25, 0.3) is 0 Å². The number of aliphatic hydroxyl groups excluding tert-OH is 1. The number of β-amino-alcohol motifs (C(OH)–C–C–N with tert-alkyl or cyclic N) is 1. The Morgan fingerprint density at radius 3 is 2.93 bits per heavy atom. The number of hydrogen-bond donors (Lipinski definition) is 1. The lowest BCUT2D eigenvalue weighted by molar-refractivity contribution is -0.145. The molecule has 4 heteroatoms. The first-order valence-electron chi connectivity index (χ1n) is 5.19. The Labute approximate surface area is 84.8 Å². The van der Waals surface area contributed by atoms with Crippen molar-refractivity contribution >= 4 is 5.97 Å². The minimum atomic E-state index is -0.379. The summed E-state index contributed by atoms with van der Waals surface area (Å²) in [7, 11) is 1.39. The monoisotopic (exact) mass is 201 g/mol. The number of carbonyl (C=O) groups excluding carboxylic acids is 1. The second-order valence-electron chi connectivity index (χ2n) is 3.78. The van der Waals surface area contributed by atoms with Crippen LogP contribution in [0.5, 0.6) is 0 Å². The van der Waals surface area contributed by atoms with Crippen LogP contribution in [-0.2, 0) is 9.53 Å². The highest BCUT2D eigenvalue weighted by molar-refractivity contribution is 5.76. The quantitative estimate of drug-likeness (QED) is 0.669. The van der Waals surface area contributed by atoms with Crippen LogP contribution in [0.15, 0.2) is 0 Å². The molecule has 0 unspecified atom stereocenters. The molecule has 4 nitrogen and oxygen atoms in total. The number of esters is 1. The SMILES string of the molecule is CCCCN1C[C@@H](O)C[C@H]1C(=O)OC. The van der Waals surface area contributed by atoms with Gasteiger partial charge in [-0.2, -0.15) is 0 Å². The molecule has 0 aromatic rings. The molecular weight excluding hydrogens is 182 g/mol. The zero-order valence-corrected chi connectivity index (χ0v) is 8.90. The summed E-state index contributed by atoms with van der Waals surface area (Å²) in [6.07, 6.45) is 2.29. The average molecular weight is 201 g/mol. The fraction of sp³-hybridized carbons (Fsp3) is 0.900. The summed E-state index contributed by atoms with van der Waals surface area (Å²) in [4.78, 5) is 13.4. The molecule has 82 valence electrons. The van der Waals surface area contributed by atoms with Gasteiger partial charge in [0.05, 0.1) is 13.2 Å². The number of methoxy groups -OCH3 is 1. The largest absolute Gasteiger partial charge is 0.468 e. The van der Waals surface area contributed by atoms with Crippen LogP contribution in [0.3, 0.4) is 0 Å². The molecule has 0 radical (unpaired) electrons. The third-order valence-corrected chi connectivity index (χ3v) is 2.65. The maximum Gasteiger partial charge on any atom is 0.323 e. The molecule has 1 aliphatic heterocycles. The van der Waals surface area contributed by atoms with E-state index in [4.69, 9.17) is 4.74 Å². The van der Waals surface area contributed by atoms with Gasteiger partial charge in [0.2, 0.25) is 0 Å². The third-order valence-electron chi connectivity index (χ3n) is 2.65. The number of likely N-dealkylation sites (tertiary alicyclic amines) is 1. The molecule has 1 heterocycles. The topological polar surface area (TPSA) is 49.8 Å². The van der Waals surface area contributed by atoms with Gasteiger partial charge in [-0.25, -0.2) is 0 Å². The fourth-order valence-corrected chi connectivity index (χ4v) is 1.87. The molecule has 0 saturated carbocycles. The van der Waals surface area contributed by atoms with Crippen LogP contribution in [-0.4, -0.2) is 48.3 Å². The summed E-state index contributed by atoms with van der Waals surface area (Å²) in [6.45, 7) is 3.58. The highest BCUT2D eigenvalue weighted by Crippen LogP contribution is 2.19. The molecule has 0 spiro atoms. The Hall–Kier alpha value is -0.610. The van der Waals surface area contributed by atoms with Crippen molar-refractivity contribution in [2.45, 2.75) is 38.3 Å². The Morgan fingerprint density at radius 1 is 1.64 bits per heavy atom. The molecule has 1 aliphatic rings. The number of aliphatic hydroxyl groups is 1. The molecule has 1 saturated heterocycles. The first-order valence-corrected chi connectivity index (χ1v) is 5.19. The van der Waals surface area contributed by atoms with Crippen molar-refractivity contribution in [1.82, 2.24) is 4.90 Å². The van der Waals surface area contributed by atoms with Crippen molar-refractivity contribution in [1.29, 1.82) is 0 Å². The molecule has 0 aliphatic carbocycles. The van der Waals surface area contributed by atoms with E-state index >= 15 is 0 Å². The standard InChI is InChI=1S/C10H19NO3/c1-3-4-5-11-7-8(12)6-9(11)10(13)14-2/h8-9,12H,3-7H2,1-2H3/t8-,9-/m0/s1. The van der Waals surface area contributed by atoms with Crippen molar-refractivity contribution in [2.75, 3.05) is 20.2 Å². The Kier molecular flexibility index (Phi) is 4.35. The van der Waals surface area contributed by atoms with Gasteiger partial charge < -0.3 is 9.84 Å². The van der Waals surface area contributed by atoms with E-state index in [0.717, 1.165) is 19.4 Å². The molecule has 0 aromatic heterocycles. The van der Waals surface area contributed by atoms with Gasteiger partial charge in [-0.1, -0.05) is 13.3 Å². The molecule has 0 bridgehead atoms.